The molecule has 0 saturated carbocycles. The number of benzene rings is 2. The summed E-state index contributed by atoms with van der Waals surface area (Å²) in [5.41, 5.74) is 2.10. The summed E-state index contributed by atoms with van der Waals surface area (Å²) >= 11 is 0. The topological polar surface area (TPSA) is 45.2 Å². The fourth-order valence-corrected chi connectivity index (χ4v) is 3.77. The zero-order valence-corrected chi connectivity index (χ0v) is 14.8. The lowest BCUT2D eigenvalue weighted by molar-refractivity contribution is -0.121. The molecule has 1 aliphatic rings. The molecule has 0 aliphatic carbocycles. The molecule has 3 aromatic rings. The number of anilines is 1. The van der Waals surface area contributed by atoms with Crippen LogP contribution in [-0.4, -0.2) is 28.9 Å². The van der Waals surface area contributed by atoms with Crippen LogP contribution in [-0.2, 0) is 11.3 Å². The van der Waals surface area contributed by atoms with Gasteiger partial charge in [0, 0.05) is 19.3 Å². The molecule has 1 fully saturated rings. The van der Waals surface area contributed by atoms with Crippen LogP contribution < -0.4 is 5.32 Å². The highest BCUT2D eigenvalue weighted by atomic mass is 16.1. The quantitative estimate of drug-likeness (QED) is 0.775. The van der Waals surface area contributed by atoms with E-state index in [0.29, 0.717) is 0 Å². The third kappa shape index (κ3) is 3.75. The molecule has 0 spiro atoms. The molecule has 132 valence electrons. The molecule has 0 bridgehead atoms. The van der Waals surface area contributed by atoms with Crippen LogP contribution in [0.1, 0.15) is 18.4 Å². The Kier molecular flexibility index (Phi) is 4.93. The Morgan fingerprint density at radius 1 is 1.12 bits per heavy atom. The van der Waals surface area contributed by atoms with Crippen molar-refractivity contribution in [2.24, 2.45) is 5.92 Å². The molecule has 1 unspecified atom stereocenters. The summed E-state index contributed by atoms with van der Waals surface area (Å²) in [6.07, 6.45) is 5.39. The maximum absolute atomic E-state index is 12.6. The van der Waals surface area contributed by atoms with Gasteiger partial charge in [-0.15, -0.1) is 0 Å². The highest BCUT2D eigenvalue weighted by Crippen LogP contribution is 2.24. The number of aromatic nitrogens is 1. The monoisotopic (exact) mass is 345 g/mol. The van der Waals surface area contributed by atoms with Crippen LogP contribution in [0.2, 0.25) is 0 Å². The molecule has 1 N–H and O–H groups in total. The second kappa shape index (κ2) is 7.67. The molecule has 2 heterocycles. The van der Waals surface area contributed by atoms with E-state index in [4.69, 9.17) is 0 Å². The van der Waals surface area contributed by atoms with Gasteiger partial charge in [0.05, 0.1) is 17.8 Å². The Balaban J connectivity index is 1.44. The van der Waals surface area contributed by atoms with Crippen molar-refractivity contribution in [3.63, 3.8) is 0 Å². The van der Waals surface area contributed by atoms with Crippen LogP contribution in [0.4, 0.5) is 5.69 Å². The first-order valence-electron chi connectivity index (χ1n) is 9.19. The average molecular weight is 345 g/mol. The van der Waals surface area contributed by atoms with E-state index >= 15 is 0 Å². The average Bonchev–Trinajstić information content (AvgIpc) is 2.69. The van der Waals surface area contributed by atoms with Crippen molar-refractivity contribution in [1.82, 2.24) is 9.88 Å². The summed E-state index contributed by atoms with van der Waals surface area (Å²) in [7, 11) is 0. The first-order chi connectivity index (χ1) is 12.8. The van der Waals surface area contributed by atoms with Crippen molar-refractivity contribution in [2.45, 2.75) is 19.4 Å². The van der Waals surface area contributed by atoms with Crippen LogP contribution in [0.25, 0.3) is 10.8 Å². The lowest BCUT2D eigenvalue weighted by Gasteiger charge is -2.32. The maximum atomic E-state index is 12.6. The minimum absolute atomic E-state index is 0.0268. The lowest BCUT2D eigenvalue weighted by Crippen LogP contribution is -2.40. The van der Waals surface area contributed by atoms with Crippen molar-refractivity contribution in [2.75, 3.05) is 18.4 Å². The first kappa shape index (κ1) is 16.7. The van der Waals surface area contributed by atoms with E-state index in [0.717, 1.165) is 38.2 Å². The van der Waals surface area contributed by atoms with E-state index in [1.807, 2.05) is 12.1 Å². The predicted molar refractivity (Wildman–Crippen MR) is 105 cm³/mol. The van der Waals surface area contributed by atoms with Crippen LogP contribution in [0, 0.1) is 5.92 Å². The standard InChI is InChI=1S/C22H23N3O/c26-22(24-20-10-4-12-23-14-20)19-9-5-13-25(16-19)15-18-8-3-7-17-6-1-2-11-21(17)18/h1-4,6-8,10-12,14,19H,5,9,13,15-16H2,(H,24,26). The molecular weight excluding hydrogens is 322 g/mol. The van der Waals surface area contributed by atoms with Crippen molar-refractivity contribution >= 4 is 22.4 Å². The van der Waals surface area contributed by atoms with Gasteiger partial charge in [-0.1, -0.05) is 42.5 Å². The molecule has 1 atom stereocenters. The first-order valence-corrected chi connectivity index (χ1v) is 9.19. The number of rotatable bonds is 4. The fourth-order valence-electron chi connectivity index (χ4n) is 3.77. The molecule has 1 amide bonds. The van der Waals surface area contributed by atoms with Gasteiger partial charge < -0.3 is 5.32 Å². The van der Waals surface area contributed by atoms with Gasteiger partial charge in [0.15, 0.2) is 0 Å². The third-order valence-corrected chi connectivity index (χ3v) is 5.08. The molecule has 4 nitrogen and oxygen atoms in total. The van der Waals surface area contributed by atoms with E-state index < -0.39 is 0 Å². The van der Waals surface area contributed by atoms with Gasteiger partial charge in [-0.2, -0.15) is 0 Å². The summed E-state index contributed by atoms with van der Waals surface area (Å²) in [5, 5.41) is 5.57. The maximum Gasteiger partial charge on any atom is 0.228 e. The Morgan fingerprint density at radius 2 is 2.00 bits per heavy atom. The smallest absolute Gasteiger partial charge is 0.228 e. The second-order valence-corrected chi connectivity index (χ2v) is 6.94. The number of hydrogen-bond donors (Lipinski definition) is 1. The lowest BCUT2D eigenvalue weighted by atomic mass is 9.96. The summed E-state index contributed by atoms with van der Waals surface area (Å²) < 4.78 is 0. The normalized spacial score (nSPS) is 17.9. The molecule has 4 heteroatoms. The molecule has 1 saturated heterocycles. The number of pyridine rings is 1. The highest BCUT2D eigenvalue weighted by Gasteiger charge is 2.26. The number of nitrogens with zero attached hydrogens (tertiary/aromatic N) is 2. The number of hydrogen-bond acceptors (Lipinski definition) is 3. The Labute approximate surface area is 153 Å². The summed E-state index contributed by atoms with van der Waals surface area (Å²) in [4.78, 5) is 19.1. The predicted octanol–water partition coefficient (Wildman–Crippen LogP) is 4.09. The van der Waals surface area contributed by atoms with Crippen molar-refractivity contribution < 1.29 is 4.79 Å². The van der Waals surface area contributed by atoms with Crippen molar-refractivity contribution in [3.8, 4) is 0 Å². The van der Waals surface area contributed by atoms with Crippen LogP contribution in [0.3, 0.4) is 0 Å². The number of carbonyl (C=O) groups excluding carboxylic acids is 1. The molecule has 1 aliphatic heterocycles. The van der Waals surface area contributed by atoms with E-state index in [9.17, 15) is 4.79 Å². The highest BCUT2D eigenvalue weighted by molar-refractivity contribution is 5.92. The molecule has 26 heavy (non-hydrogen) atoms. The van der Waals surface area contributed by atoms with Crippen LogP contribution >= 0.6 is 0 Å². The number of likely N-dealkylation sites (tertiary alicyclic amines) is 1. The zero-order valence-electron chi connectivity index (χ0n) is 14.8. The van der Waals surface area contributed by atoms with Crippen molar-refractivity contribution in [1.29, 1.82) is 0 Å². The second-order valence-electron chi connectivity index (χ2n) is 6.94. The van der Waals surface area contributed by atoms with Gasteiger partial charge in [0.1, 0.15) is 0 Å². The third-order valence-electron chi connectivity index (χ3n) is 5.08. The van der Waals surface area contributed by atoms with Gasteiger partial charge >= 0.3 is 0 Å². The van der Waals surface area contributed by atoms with E-state index in [2.05, 4.69) is 57.7 Å². The zero-order chi connectivity index (χ0) is 17.8. The minimum Gasteiger partial charge on any atom is -0.324 e. The molecule has 2 aromatic carbocycles. The van der Waals surface area contributed by atoms with Gasteiger partial charge in [0.2, 0.25) is 5.91 Å². The van der Waals surface area contributed by atoms with Gasteiger partial charge in [0.25, 0.3) is 0 Å². The van der Waals surface area contributed by atoms with E-state index in [1.54, 1.807) is 12.4 Å². The minimum atomic E-state index is 0.0268. The van der Waals surface area contributed by atoms with Crippen LogP contribution in [0.5, 0.6) is 0 Å². The summed E-state index contributed by atoms with van der Waals surface area (Å²) in [6, 6.07) is 18.7. The number of piperidine rings is 1. The number of amides is 1. The molecule has 0 radical (unpaired) electrons. The van der Waals surface area contributed by atoms with Gasteiger partial charge in [-0.3, -0.25) is 14.7 Å². The Bertz CT molecular complexity index is 889. The van der Waals surface area contributed by atoms with Gasteiger partial charge in [-0.05, 0) is 47.9 Å². The number of fused-ring (bicyclic) bond motifs is 1. The largest absolute Gasteiger partial charge is 0.324 e. The van der Waals surface area contributed by atoms with E-state index in [1.165, 1.54) is 16.3 Å². The Hall–Kier alpha value is -2.72. The SMILES string of the molecule is O=C(Nc1cccnc1)C1CCCN(Cc2cccc3ccccc23)C1. The van der Waals surface area contributed by atoms with Crippen LogP contribution in [0.15, 0.2) is 67.0 Å². The molecule has 1 aromatic heterocycles. The fraction of sp³-hybridized carbons (Fsp3) is 0.273. The van der Waals surface area contributed by atoms with Crippen molar-refractivity contribution in [3.05, 3.63) is 72.6 Å². The summed E-state index contributed by atoms with van der Waals surface area (Å²) in [5.74, 6) is 0.125. The number of carbonyl (C=O) groups is 1. The summed E-state index contributed by atoms with van der Waals surface area (Å²) in [6.45, 7) is 2.73. The Morgan fingerprint density at radius 3 is 2.88 bits per heavy atom. The number of nitrogens with one attached hydrogen (secondary N) is 1. The van der Waals surface area contributed by atoms with Gasteiger partial charge in [-0.25, -0.2) is 0 Å². The molecular formula is C22H23N3O. The molecule has 4 rings (SSSR count). The van der Waals surface area contributed by atoms with E-state index in [-0.39, 0.29) is 11.8 Å².